The lowest BCUT2D eigenvalue weighted by Gasteiger charge is -2.30. The first-order valence-corrected chi connectivity index (χ1v) is 6.12. The fraction of sp³-hybridized carbons (Fsp3) is 1.00. The van der Waals surface area contributed by atoms with Gasteiger partial charge in [0.1, 0.15) is 0 Å². The Kier molecular flexibility index (Phi) is 0.750. The van der Waals surface area contributed by atoms with Gasteiger partial charge in [-0.15, -0.1) is 0 Å². The second-order valence-corrected chi connectivity index (χ2v) is 6.45. The Morgan fingerprint density at radius 1 is 1.38 bits per heavy atom. The summed E-state index contributed by atoms with van der Waals surface area (Å²) in [6.45, 7) is 9.88. The number of hydrogen-bond donors (Lipinski definition) is 0. The van der Waals surface area contributed by atoms with Crippen molar-refractivity contribution < 1.29 is 0 Å². The van der Waals surface area contributed by atoms with Crippen molar-refractivity contribution in [2.24, 2.45) is 33.5 Å². The molecule has 0 nitrogen and oxygen atoms in total. The summed E-state index contributed by atoms with van der Waals surface area (Å²) in [7, 11) is 0. The molecule has 4 aliphatic rings. The molecule has 4 fully saturated rings. The molecule has 0 amide bonds. The van der Waals surface area contributed by atoms with Crippen LogP contribution >= 0.6 is 0 Å². The molecule has 0 heteroatoms. The first kappa shape index (κ1) is 7.31. The summed E-state index contributed by atoms with van der Waals surface area (Å²) < 4.78 is 0. The maximum Gasteiger partial charge on any atom is -0.00709 e. The lowest BCUT2D eigenvalue weighted by molar-refractivity contribution is 0.184. The van der Waals surface area contributed by atoms with E-state index in [0.29, 0.717) is 0 Å². The Morgan fingerprint density at radius 3 is 2.46 bits per heavy atom. The van der Waals surface area contributed by atoms with Crippen molar-refractivity contribution in [3.05, 3.63) is 0 Å². The van der Waals surface area contributed by atoms with Gasteiger partial charge in [-0.3, -0.25) is 0 Å². The average Bonchev–Trinajstić information content (AvgIpc) is 2.98. The highest BCUT2D eigenvalue weighted by molar-refractivity contribution is 5.73. The van der Waals surface area contributed by atoms with E-state index in [1.165, 1.54) is 18.8 Å². The van der Waals surface area contributed by atoms with Crippen LogP contribution in [0.4, 0.5) is 0 Å². The van der Waals surface area contributed by atoms with Gasteiger partial charge >= 0.3 is 0 Å². The van der Waals surface area contributed by atoms with Crippen LogP contribution in [0.3, 0.4) is 0 Å². The Morgan fingerprint density at radius 2 is 2.08 bits per heavy atom. The fourth-order valence-corrected chi connectivity index (χ4v) is 7.08. The fourth-order valence-electron chi connectivity index (χ4n) is 7.08. The molecule has 6 atom stereocenters. The van der Waals surface area contributed by atoms with Crippen molar-refractivity contribution in [2.75, 3.05) is 0 Å². The van der Waals surface area contributed by atoms with Gasteiger partial charge < -0.3 is 0 Å². The molecule has 4 saturated carbocycles. The van der Waals surface area contributed by atoms with Gasteiger partial charge in [0.2, 0.25) is 0 Å². The summed E-state index contributed by atoms with van der Waals surface area (Å²) >= 11 is 0. The third kappa shape index (κ3) is 0.284. The van der Waals surface area contributed by atoms with Crippen LogP contribution in [-0.4, -0.2) is 0 Å². The van der Waals surface area contributed by atoms with Crippen LogP contribution in [0.5, 0.6) is 0 Å². The summed E-state index contributed by atoms with van der Waals surface area (Å²) in [5, 5.41) is 0. The molecule has 4 aliphatic carbocycles. The third-order valence-corrected chi connectivity index (χ3v) is 7.06. The van der Waals surface area contributed by atoms with E-state index in [2.05, 4.69) is 27.7 Å². The van der Waals surface area contributed by atoms with Gasteiger partial charge in [0.25, 0.3) is 0 Å². The van der Waals surface area contributed by atoms with Gasteiger partial charge in [0.05, 0.1) is 0 Å². The van der Waals surface area contributed by atoms with Crippen LogP contribution in [0.25, 0.3) is 0 Å². The van der Waals surface area contributed by atoms with Gasteiger partial charge in [-0.25, -0.2) is 0 Å². The molecule has 4 rings (SSSR count). The summed E-state index contributed by atoms with van der Waals surface area (Å²) in [4.78, 5) is 0. The summed E-state index contributed by atoms with van der Waals surface area (Å²) in [5.41, 5.74) is 3.59. The van der Waals surface area contributed by atoms with Crippen LogP contribution in [0.1, 0.15) is 47.0 Å². The molecule has 0 radical (unpaired) electrons. The normalized spacial score (nSPS) is 76.2. The van der Waals surface area contributed by atoms with Crippen LogP contribution in [0.15, 0.2) is 0 Å². The van der Waals surface area contributed by atoms with E-state index in [1.54, 1.807) is 6.42 Å². The Hall–Kier alpha value is 0. The first-order valence-electron chi connectivity index (χ1n) is 6.12. The Balaban J connectivity index is 1.76. The van der Waals surface area contributed by atoms with Gasteiger partial charge in [0.15, 0.2) is 0 Å². The highest BCUT2D eigenvalue weighted by atomic mass is 15.3. The maximum absolute atomic E-state index is 2.55. The molecule has 0 bridgehead atoms. The van der Waals surface area contributed by atoms with Crippen molar-refractivity contribution in [1.29, 1.82) is 0 Å². The molecule has 1 spiro atoms. The molecule has 0 aromatic rings. The van der Waals surface area contributed by atoms with E-state index >= 15 is 0 Å². The summed E-state index contributed by atoms with van der Waals surface area (Å²) in [6, 6.07) is 0. The summed E-state index contributed by atoms with van der Waals surface area (Å²) in [6.07, 6.45) is 4.48. The Labute approximate surface area is 81.1 Å². The minimum absolute atomic E-state index is 0.868. The van der Waals surface area contributed by atoms with Gasteiger partial charge in [-0.2, -0.15) is 0 Å². The minimum Gasteiger partial charge on any atom is -0.0651 e. The number of fused-ring (bicyclic) bond motifs is 3. The molecule has 72 valence electrons. The summed E-state index contributed by atoms with van der Waals surface area (Å²) in [5.74, 6) is 2.22. The van der Waals surface area contributed by atoms with E-state index in [1.807, 2.05) is 0 Å². The predicted octanol–water partition coefficient (Wildman–Crippen LogP) is 3.47. The van der Waals surface area contributed by atoms with Crippen molar-refractivity contribution in [3.8, 4) is 0 Å². The molecular weight excluding hydrogens is 156 g/mol. The molecule has 13 heavy (non-hydrogen) atoms. The molecule has 0 heterocycles. The molecule has 0 saturated heterocycles. The number of rotatable bonds is 3. The topological polar surface area (TPSA) is 0 Å². The Bertz CT molecular complexity index is 323. The third-order valence-electron chi connectivity index (χ3n) is 7.06. The van der Waals surface area contributed by atoms with E-state index in [-0.39, 0.29) is 0 Å². The van der Waals surface area contributed by atoms with E-state index in [9.17, 15) is 0 Å². The number of hydrogen-bond acceptors (Lipinski definition) is 0. The van der Waals surface area contributed by atoms with Gasteiger partial charge in [-0.1, -0.05) is 34.1 Å². The lowest BCUT2D eigenvalue weighted by atomic mass is 9.74. The smallest absolute Gasteiger partial charge is 0.00709 e. The van der Waals surface area contributed by atoms with Crippen molar-refractivity contribution in [3.63, 3.8) is 0 Å². The largest absolute Gasteiger partial charge is 0.0651 e. The van der Waals surface area contributed by atoms with Gasteiger partial charge in [0, 0.05) is 0 Å². The standard InChI is InChI=1S/C13H20/c1-5-8(3)12-9-10(4)7-11(12,6-2)13(9,10)12/h8-9H,5-7H2,1-4H3. The maximum atomic E-state index is 2.55. The molecule has 0 aromatic carbocycles. The van der Waals surface area contributed by atoms with Gasteiger partial charge in [-0.05, 0) is 46.3 Å². The van der Waals surface area contributed by atoms with Crippen molar-refractivity contribution in [1.82, 2.24) is 0 Å². The first-order chi connectivity index (χ1) is 6.12. The zero-order valence-electron chi connectivity index (χ0n) is 9.28. The van der Waals surface area contributed by atoms with Crippen molar-refractivity contribution in [2.45, 2.75) is 47.0 Å². The van der Waals surface area contributed by atoms with Crippen LogP contribution in [0.2, 0.25) is 0 Å². The van der Waals surface area contributed by atoms with Crippen LogP contribution in [0, 0.1) is 33.5 Å². The van der Waals surface area contributed by atoms with E-state index < -0.39 is 0 Å². The second-order valence-electron chi connectivity index (χ2n) is 6.45. The zero-order valence-corrected chi connectivity index (χ0v) is 9.28. The minimum atomic E-state index is 0.868. The zero-order chi connectivity index (χ0) is 9.28. The highest BCUT2D eigenvalue weighted by Crippen LogP contribution is 3.30. The molecule has 0 aromatic heterocycles. The van der Waals surface area contributed by atoms with E-state index in [0.717, 1.165) is 27.6 Å². The highest BCUT2D eigenvalue weighted by Gasteiger charge is 3.27. The SMILES string of the molecule is CCC(C)C12C3C4(C)CC1(CC)C342. The molecule has 6 unspecified atom stereocenters. The van der Waals surface area contributed by atoms with Crippen LogP contribution in [-0.2, 0) is 0 Å². The molecular formula is C13H20. The molecule has 0 N–H and O–H groups in total. The predicted molar refractivity (Wildman–Crippen MR) is 53.3 cm³/mol. The lowest BCUT2D eigenvalue weighted by Crippen LogP contribution is -2.23. The van der Waals surface area contributed by atoms with Crippen molar-refractivity contribution >= 4 is 0 Å². The average molecular weight is 176 g/mol. The molecule has 0 aliphatic heterocycles. The quantitative estimate of drug-likeness (QED) is 0.617. The second kappa shape index (κ2) is 1.33. The van der Waals surface area contributed by atoms with Crippen LogP contribution < -0.4 is 0 Å². The van der Waals surface area contributed by atoms with E-state index in [4.69, 9.17) is 0 Å². The monoisotopic (exact) mass is 176 g/mol.